The smallest absolute Gasteiger partial charge is 0.287 e. The molecule has 0 radical (unpaired) electrons. The Hall–Kier alpha value is -2.27. The topological polar surface area (TPSA) is 46.4 Å². The van der Waals surface area contributed by atoms with E-state index in [9.17, 15) is 10.1 Å². The van der Waals surface area contributed by atoms with Gasteiger partial charge in [-0.3, -0.25) is 10.1 Å². The summed E-state index contributed by atoms with van der Waals surface area (Å²) in [6.07, 6.45) is 0. The molecule has 0 bridgehead atoms. The second kappa shape index (κ2) is 5.02. The summed E-state index contributed by atoms with van der Waals surface area (Å²) < 4.78 is 0. The lowest BCUT2D eigenvalue weighted by molar-refractivity contribution is -0.512. The van der Waals surface area contributed by atoms with E-state index in [0.717, 1.165) is 11.3 Å². The van der Waals surface area contributed by atoms with E-state index in [1.807, 2.05) is 65.6 Å². The van der Waals surface area contributed by atoms with Gasteiger partial charge in [-0.05, 0) is 17.7 Å². The van der Waals surface area contributed by atoms with E-state index in [4.69, 9.17) is 12.2 Å². The Balaban J connectivity index is 2.02. The molecule has 2 aromatic carbocycles. The molecule has 5 heteroatoms. The molecule has 0 aromatic heterocycles. The first-order chi connectivity index (χ1) is 9.70. The average molecular weight is 284 g/mol. The molecule has 3 rings (SSSR count). The molecule has 1 heterocycles. The van der Waals surface area contributed by atoms with Gasteiger partial charge in [0.15, 0.2) is 4.99 Å². The maximum Gasteiger partial charge on any atom is 0.287 e. The van der Waals surface area contributed by atoms with Crippen LogP contribution in [0.2, 0.25) is 0 Å². The molecule has 1 aliphatic rings. The summed E-state index contributed by atoms with van der Waals surface area (Å²) in [5, 5.41) is 11.2. The normalized spacial score (nSPS) is 21.4. The standard InChI is InChI=1S/C15H12N2O2S/c18-17(19)14-13(11-7-3-1-4-8-11)16(15(14)20)12-9-5-2-6-10-12/h1-10,13-14H/t13-,14+/m0/s1. The molecule has 1 saturated heterocycles. The molecule has 1 fully saturated rings. The number of nitro groups is 1. The van der Waals surface area contributed by atoms with E-state index in [1.165, 1.54) is 0 Å². The van der Waals surface area contributed by atoms with Crippen LogP contribution in [0.15, 0.2) is 60.7 Å². The van der Waals surface area contributed by atoms with Crippen molar-refractivity contribution in [2.24, 2.45) is 0 Å². The minimum Gasteiger partial charge on any atom is -0.315 e. The Morgan fingerprint density at radius 1 is 1.00 bits per heavy atom. The number of thiocarbonyl (C=S) groups is 1. The van der Waals surface area contributed by atoms with Crippen LogP contribution in [0.5, 0.6) is 0 Å². The molecule has 4 nitrogen and oxygen atoms in total. The highest BCUT2D eigenvalue weighted by Crippen LogP contribution is 2.41. The van der Waals surface area contributed by atoms with Gasteiger partial charge in [0.05, 0.1) is 0 Å². The number of hydrogen-bond acceptors (Lipinski definition) is 3. The van der Waals surface area contributed by atoms with Crippen LogP contribution in [0.1, 0.15) is 11.6 Å². The first-order valence-electron chi connectivity index (χ1n) is 6.26. The fraction of sp³-hybridized carbons (Fsp3) is 0.133. The fourth-order valence-corrected chi connectivity index (χ4v) is 2.97. The average Bonchev–Trinajstić information content (AvgIpc) is 2.46. The summed E-state index contributed by atoms with van der Waals surface area (Å²) in [7, 11) is 0. The molecular weight excluding hydrogens is 272 g/mol. The quantitative estimate of drug-likeness (QED) is 0.493. The number of anilines is 1. The lowest BCUT2D eigenvalue weighted by Gasteiger charge is -2.44. The van der Waals surface area contributed by atoms with Crippen LogP contribution >= 0.6 is 12.2 Å². The van der Waals surface area contributed by atoms with E-state index < -0.39 is 6.04 Å². The highest BCUT2D eigenvalue weighted by Gasteiger charge is 2.54. The summed E-state index contributed by atoms with van der Waals surface area (Å²) in [5.41, 5.74) is 1.80. The van der Waals surface area contributed by atoms with Gasteiger partial charge in [0.25, 0.3) is 6.04 Å². The van der Waals surface area contributed by atoms with Crippen LogP contribution in [0.4, 0.5) is 5.69 Å². The zero-order chi connectivity index (χ0) is 14.1. The minimum absolute atomic E-state index is 0.292. The zero-order valence-corrected chi connectivity index (χ0v) is 11.4. The lowest BCUT2D eigenvalue weighted by atomic mass is 9.89. The van der Waals surface area contributed by atoms with Gasteiger partial charge in [-0.25, -0.2) is 0 Å². The van der Waals surface area contributed by atoms with Gasteiger partial charge in [-0.1, -0.05) is 60.7 Å². The summed E-state index contributed by atoms with van der Waals surface area (Å²) in [4.78, 5) is 13.2. The van der Waals surface area contributed by atoms with Crippen molar-refractivity contribution in [2.45, 2.75) is 12.1 Å². The minimum atomic E-state index is -0.826. The molecule has 2 aromatic rings. The Bertz CT molecular complexity index is 645. The lowest BCUT2D eigenvalue weighted by Crippen LogP contribution is -2.61. The second-order valence-electron chi connectivity index (χ2n) is 4.63. The molecule has 0 spiro atoms. The molecule has 0 N–H and O–H groups in total. The van der Waals surface area contributed by atoms with Crippen molar-refractivity contribution in [1.29, 1.82) is 0 Å². The van der Waals surface area contributed by atoms with Crippen molar-refractivity contribution < 1.29 is 4.92 Å². The highest BCUT2D eigenvalue weighted by atomic mass is 32.1. The third kappa shape index (κ3) is 1.96. The molecule has 0 unspecified atom stereocenters. The summed E-state index contributed by atoms with van der Waals surface area (Å²) in [5.74, 6) is 0. The molecule has 0 saturated carbocycles. The van der Waals surface area contributed by atoms with Crippen LogP contribution in [0.3, 0.4) is 0 Å². The summed E-state index contributed by atoms with van der Waals surface area (Å²) in [6.45, 7) is 0. The third-order valence-electron chi connectivity index (χ3n) is 3.47. The van der Waals surface area contributed by atoms with Crippen molar-refractivity contribution in [3.05, 3.63) is 76.3 Å². The van der Waals surface area contributed by atoms with Crippen molar-refractivity contribution in [3.63, 3.8) is 0 Å². The molecule has 0 aliphatic carbocycles. The van der Waals surface area contributed by atoms with E-state index >= 15 is 0 Å². The number of nitrogens with zero attached hydrogens (tertiary/aromatic N) is 2. The van der Waals surface area contributed by atoms with Crippen LogP contribution in [0, 0.1) is 10.1 Å². The van der Waals surface area contributed by atoms with E-state index in [0.29, 0.717) is 4.99 Å². The van der Waals surface area contributed by atoms with Crippen LogP contribution in [0.25, 0.3) is 0 Å². The van der Waals surface area contributed by atoms with Gasteiger partial charge < -0.3 is 4.90 Å². The van der Waals surface area contributed by atoms with Gasteiger partial charge in [-0.2, -0.15) is 0 Å². The Morgan fingerprint density at radius 3 is 2.10 bits per heavy atom. The molecule has 2 atom stereocenters. The van der Waals surface area contributed by atoms with Gasteiger partial charge in [0.2, 0.25) is 0 Å². The molecule has 100 valence electrons. The third-order valence-corrected chi connectivity index (χ3v) is 3.91. The molecule has 0 amide bonds. The predicted molar refractivity (Wildman–Crippen MR) is 81.5 cm³/mol. The first-order valence-corrected chi connectivity index (χ1v) is 6.67. The number of benzene rings is 2. The maximum atomic E-state index is 11.2. The van der Waals surface area contributed by atoms with Gasteiger partial charge in [0.1, 0.15) is 6.04 Å². The van der Waals surface area contributed by atoms with Crippen molar-refractivity contribution in [1.82, 2.24) is 0 Å². The van der Waals surface area contributed by atoms with Gasteiger partial charge >= 0.3 is 0 Å². The summed E-state index contributed by atoms with van der Waals surface area (Å²) in [6, 6.07) is 17.9. The largest absolute Gasteiger partial charge is 0.315 e. The SMILES string of the molecule is O=[N+]([O-])[C@H]1C(=S)N(c2ccccc2)[C@H]1c1ccccc1. The molecular formula is C15H12N2O2S. The fourth-order valence-electron chi connectivity index (χ4n) is 2.54. The van der Waals surface area contributed by atoms with Crippen molar-refractivity contribution in [3.8, 4) is 0 Å². The Labute approximate surface area is 121 Å². The molecule has 1 aliphatic heterocycles. The van der Waals surface area contributed by atoms with E-state index in [-0.39, 0.29) is 11.0 Å². The second-order valence-corrected chi connectivity index (χ2v) is 5.05. The predicted octanol–water partition coefficient (Wildman–Crippen LogP) is 3.22. The number of rotatable bonds is 3. The van der Waals surface area contributed by atoms with Crippen LogP contribution in [-0.2, 0) is 0 Å². The summed E-state index contributed by atoms with van der Waals surface area (Å²) >= 11 is 5.25. The molecule has 20 heavy (non-hydrogen) atoms. The Morgan fingerprint density at radius 2 is 1.55 bits per heavy atom. The van der Waals surface area contributed by atoms with Crippen molar-refractivity contribution in [2.75, 3.05) is 4.90 Å². The zero-order valence-electron chi connectivity index (χ0n) is 10.5. The van der Waals surface area contributed by atoms with Crippen molar-refractivity contribution >= 4 is 22.9 Å². The monoisotopic (exact) mass is 284 g/mol. The maximum absolute atomic E-state index is 11.2. The van der Waals surface area contributed by atoms with E-state index in [1.54, 1.807) is 0 Å². The van der Waals surface area contributed by atoms with Crippen LogP contribution in [-0.4, -0.2) is 16.0 Å². The highest BCUT2D eigenvalue weighted by molar-refractivity contribution is 7.80. The van der Waals surface area contributed by atoms with Crippen LogP contribution < -0.4 is 4.90 Å². The number of hydrogen-bond donors (Lipinski definition) is 0. The van der Waals surface area contributed by atoms with E-state index in [2.05, 4.69) is 0 Å². The van der Waals surface area contributed by atoms with Gasteiger partial charge in [-0.15, -0.1) is 0 Å². The first kappa shape index (κ1) is 12.7. The Kier molecular flexibility index (Phi) is 3.20. The number of para-hydroxylation sites is 1. The van der Waals surface area contributed by atoms with Gasteiger partial charge in [0, 0.05) is 10.6 Å².